The summed E-state index contributed by atoms with van der Waals surface area (Å²) in [5.74, 6) is 3.03. The van der Waals surface area contributed by atoms with Crippen molar-refractivity contribution in [2.45, 2.75) is 26.2 Å². The van der Waals surface area contributed by atoms with Gasteiger partial charge in [0.05, 0.1) is 4.47 Å². The second kappa shape index (κ2) is 4.66. The molecular formula is C15H18BrN3O2. The first kappa shape index (κ1) is 14.3. The molecule has 2 N–H and O–H groups in total. The van der Waals surface area contributed by atoms with Gasteiger partial charge in [0.15, 0.2) is 11.5 Å². The van der Waals surface area contributed by atoms with Gasteiger partial charge in [0.1, 0.15) is 17.3 Å². The van der Waals surface area contributed by atoms with Crippen molar-refractivity contribution in [1.82, 2.24) is 9.55 Å². The lowest BCUT2D eigenvalue weighted by Gasteiger charge is -2.17. The molecule has 0 radical (unpaired) electrons. The van der Waals surface area contributed by atoms with E-state index in [4.69, 9.17) is 20.2 Å². The molecule has 0 fully saturated rings. The summed E-state index contributed by atoms with van der Waals surface area (Å²) >= 11 is 3.50. The van der Waals surface area contributed by atoms with Crippen LogP contribution in [0, 0.1) is 0 Å². The molecule has 0 saturated carbocycles. The molecule has 0 amide bonds. The molecule has 5 nitrogen and oxygen atoms in total. The highest BCUT2D eigenvalue weighted by Gasteiger charge is 2.25. The average Bonchev–Trinajstić information content (AvgIpc) is 2.95. The molecule has 0 unspecified atom stereocenters. The highest BCUT2D eigenvalue weighted by atomic mass is 79.9. The number of nitrogens with two attached hydrogens (primary N) is 1. The number of rotatable bonds is 1. The third kappa shape index (κ3) is 2.27. The number of imidazole rings is 1. The molecule has 0 aliphatic carbocycles. The molecular weight excluding hydrogens is 334 g/mol. The fourth-order valence-electron chi connectivity index (χ4n) is 2.50. The first-order valence-corrected chi connectivity index (χ1v) is 7.50. The maximum absolute atomic E-state index is 6.24. The highest BCUT2D eigenvalue weighted by Crippen LogP contribution is 2.43. The Morgan fingerprint density at radius 3 is 2.62 bits per heavy atom. The van der Waals surface area contributed by atoms with Crippen molar-refractivity contribution in [1.29, 1.82) is 0 Å². The number of halogens is 1. The fraction of sp³-hybridized carbons (Fsp3) is 0.400. The van der Waals surface area contributed by atoms with E-state index in [1.807, 2.05) is 23.7 Å². The molecule has 2 heterocycles. The van der Waals surface area contributed by atoms with E-state index < -0.39 is 0 Å². The largest absolute Gasteiger partial charge is 0.454 e. The molecule has 1 aliphatic heterocycles. The molecule has 0 bridgehead atoms. The standard InChI is InChI=1S/C15H18BrN3O2/c1-15(2,3)14-18-11(13(17)19(14)4)8-5-9(16)12-10(6-8)20-7-21-12/h5-6H,7,17H2,1-4H3. The predicted octanol–water partition coefficient (Wildman–Crippen LogP) is 3.46. The molecule has 1 aliphatic rings. The van der Waals surface area contributed by atoms with Crippen molar-refractivity contribution in [3.05, 3.63) is 22.4 Å². The van der Waals surface area contributed by atoms with Crippen LogP contribution in [0.4, 0.5) is 5.82 Å². The minimum atomic E-state index is -0.0747. The number of aromatic nitrogens is 2. The maximum Gasteiger partial charge on any atom is 0.231 e. The van der Waals surface area contributed by atoms with Crippen LogP contribution in [0.25, 0.3) is 11.3 Å². The first-order chi connectivity index (χ1) is 9.79. The van der Waals surface area contributed by atoms with Crippen molar-refractivity contribution in [2.24, 2.45) is 7.05 Å². The van der Waals surface area contributed by atoms with Crippen molar-refractivity contribution in [2.75, 3.05) is 12.5 Å². The summed E-state index contributed by atoms with van der Waals surface area (Å²) in [4.78, 5) is 4.74. The van der Waals surface area contributed by atoms with E-state index >= 15 is 0 Å². The van der Waals surface area contributed by atoms with Gasteiger partial charge in [0.25, 0.3) is 0 Å². The summed E-state index contributed by atoms with van der Waals surface area (Å²) in [6.45, 7) is 6.60. The van der Waals surface area contributed by atoms with Gasteiger partial charge in [-0.25, -0.2) is 4.98 Å². The summed E-state index contributed by atoms with van der Waals surface area (Å²) in [6, 6.07) is 3.87. The quantitative estimate of drug-likeness (QED) is 0.854. The maximum atomic E-state index is 6.24. The Morgan fingerprint density at radius 1 is 1.29 bits per heavy atom. The number of hydrogen-bond acceptors (Lipinski definition) is 4. The number of anilines is 1. The number of hydrogen-bond donors (Lipinski definition) is 1. The Labute approximate surface area is 132 Å². The summed E-state index contributed by atoms with van der Waals surface area (Å²) in [7, 11) is 1.94. The Hall–Kier alpha value is -1.69. The number of nitrogen functional groups attached to an aromatic ring is 1. The van der Waals surface area contributed by atoms with Gasteiger partial charge in [-0.3, -0.25) is 0 Å². The molecule has 0 spiro atoms. The molecule has 112 valence electrons. The van der Waals surface area contributed by atoms with Crippen LogP contribution in [0.3, 0.4) is 0 Å². The van der Waals surface area contributed by atoms with Crippen molar-refractivity contribution < 1.29 is 9.47 Å². The zero-order valence-corrected chi connectivity index (χ0v) is 14.1. The van der Waals surface area contributed by atoms with Gasteiger partial charge in [-0.05, 0) is 28.1 Å². The van der Waals surface area contributed by atoms with Gasteiger partial charge < -0.3 is 19.8 Å². The SMILES string of the molecule is Cn1c(C(C)(C)C)nc(-c2cc(Br)c3c(c2)OCO3)c1N. The van der Waals surface area contributed by atoms with Crippen LogP contribution < -0.4 is 15.2 Å². The third-order valence-electron chi connectivity index (χ3n) is 3.51. The van der Waals surface area contributed by atoms with Gasteiger partial charge in [0, 0.05) is 18.0 Å². The molecule has 21 heavy (non-hydrogen) atoms. The van der Waals surface area contributed by atoms with Crippen LogP contribution in [0.15, 0.2) is 16.6 Å². The third-order valence-corrected chi connectivity index (χ3v) is 4.10. The van der Waals surface area contributed by atoms with Crippen molar-refractivity contribution in [3.8, 4) is 22.8 Å². The van der Waals surface area contributed by atoms with Crippen LogP contribution in [0.5, 0.6) is 11.5 Å². The Morgan fingerprint density at radius 2 is 2.00 bits per heavy atom. The molecule has 1 aromatic heterocycles. The molecule has 0 atom stereocenters. The average molecular weight is 352 g/mol. The lowest BCUT2D eigenvalue weighted by molar-refractivity contribution is 0.173. The van der Waals surface area contributed by atoms with Crippen LogP contribution in [0.2, 0.25) is 0 Å². The second-order valence-corrected chi connectivity index (χ2v) is 7.02. The highest BCUT2D eigenvalue weighted by molar-refractivity contribution is 9.10. The lowest BCUT2D eigenvalue weighted by atomic mass is 9.96. The molecule has 1 aromatic carbocycles. The summed E-state index contributed by atoms with van der Waals surface area (Å²) in [6.07, 6.45) is 0. The summed E-state index contributed by atoms with van der Waals surface area (Å²) < 4.78 is 13.6. The van der Waals surface area contributed by atoms with Crippen LogP contribution in [-0.2, 0) is 12.5 Å². The Bertz CT molecular complexity index is 717. The minimum Gasteiger partial charge on any atom is -0.454 e. The zero-order valence-electron chi connectivity index (χ0n) is 12.5. The van der Waals surface area contributed by atoms with Crippen molar-refractivity contribution in [3.63, 3.8) is 0 Å². The monoisotopic (exact) mass is 351 g/mol. The van der Waals surface area contributed by atoms with Crippen LogP contribution in [-0.4, -0.2) is 16.3 Å². The van der Waals surface area contributed by atoms with Gasteiger partial charge in [-0.1, -0.05) is 20.8 Å². The lowest BCUT2D eigenvalue weighted by Crippen LogP contribution is -2.17. The predicted molar refractivity (Wildman–Crippen MR) is 85.6 cm³/mol. The minimum absolute atomic E-state index is 0.0747. The topological polar surface area (TPSA) is 62.3 Å². The van der Waals surface area contributed by atoms with E-state index in [9.17, 15) is 0 Å². The normalized spacial score (nSPS) is 13.8. The fourth-order valence-corrected chi connectivity index (χ4v) is 3.05. The number of fused-ring (bicyclic) bond motifs is 1. The van der Waals surface area contributed by atoms with E-state index in [2.05, 4.69) is 36.7 Å². The molecule has 3 rings (SSSR count). The molecule has 6 heteroatoms. The number of ether oxygens (including phenoxy) is 2. The van der Waals surface area contributed by atoms with E-state index in [1.165, 1.54) is 0 Å². The van der Waals surface area contributed by atoms with Crippen molar-refractivity contribution >= 4 is 21.7 Å². The van der Waals surface area contributed by atoms with Gasteiger partial charge in [-0.15, -0.1) is 0 Å². The van der Waals surface area contributed by atoms with Gasteiger partial charge >= 0.3 is 0 Å². The summed E-state index contributed by atoms with van der Waals surface area (Å²) in [5.41, 5.74) is 7.84. The van der Waals surface area contributed by atoms with Gasteiger partial charge in [-0.2, -0.15) is 0 Å². The number of benzene rings is 1. The Balaban J connectivity index is 2.16. The smallest absolute Gasteiger partial charge is 0.231 e. The number of nitrogens with zero attached hydrogens (tertiary/aromatic N) is 2. The van der Waals surface area contributed by atoms with Gasteiger partial charge in [0.2, 0.25) is 6.79 Å². The first-order valence-electron chi connectivity index (χ1n) is 6.71. The molecule has 0 saturated heterocycles. The Kier molecular flexibility index (Phi) is 3.16. The second-order valence-electron chi connectivity index (χ2n) is 6.17. The van der Waals surface area contributed by atoms with E-state index in [1.54, 1.807) is 0 Å². The van der Waals surface area contributed by atoms with E-state index in [0.29, 0.717) is 11.6 Å². The van der Waals surface area contributed by atoms with E-state index in [0.717, 1.165) is 27.3 Å². The molecule has 2 aromatic rings. The van der Waals surface area contributed by atoms with Crippen LogP contribution >= 0.6 is 15.9 Å². The zero-order chi connectivity index (χ0) is 15.4. The van der Waals surface area contributed by atoms with Crippen LogP contribution in [0.1, 0.15) is 26.6 Å². The summed E-state index contributed by atoms with van der Waals surface area (Å²) in [5, 5.41) is 0. The van der Waals surface area contributed by atoms with E-state index in [-0.39, 0.29) is 12.2 Å².